The predicted octanol–water partition coefficient (Wildman–Crippen LogP) is 0.703. The fourth-order valence-electron chi connectivity index (χ4n) is 4.17. The third-order valence-electron chi connectivity index (χ3n) is 5.81. The quantitative estimate of drug-likeness (QED) is 0.614. The number of hydrogen-bond donors (Lipinski definition) is 0. The Morgan fingerprint density at radius 3 is 2.50 bits per heavy atom. The minimum Gasteiger partial charge on any atom is -0.339 e. The van der Waals surface area contributed by atoms with Gasteiger partial charge in [0.15, 0.2) is 9.84 Å². The summed E-state index contributed by atoms with van der Waals surface area (Å²) in [5.41, 5.74) is 3.08. The lowest BCUT2D eigenvalue weighted by molar-refractivity contribution is -0.130. The summed E-state index contributed by atoms with van der Waals surface area (Å²) in [4.78, 5) is 16.8. The molecule has 4 rings (SSSR count). The number of aromatic nitrogens is 4. The fraction of sp³-hybridized carbons (Fsp3) is 0.579. The van der Waals surface area contributed by atoms with Crippen molar-refractivity contribution < 1.29 is 13.2 Å². The number of piperazine rings is 1. The Hall–Kier alpha value is -1.98. The molecule has 30 heavy (non-hydrogen) atoms. The van der Waals surface area contributed by atoms with Crippen molar-refractivity contribution in [3.05, 3.63) is 29.3 Å². The number of rotatable bonds is 5. The molecule has 162 valence electrons. The summed E-state index contributed by atoms with van der Waals surface area (Å²) < 4.78 is 25.1. The molecule has 0 aliphatic carbocycles. The number of carbonyl (C=O) groups excluding carboxylic acids is 1. The largest absolute Gasteiger partial charge is 0.339 e. The van der Waals surface area contributed by atoms with E-state index in [4.69, 9.17) is 0 Å². The maximum absolute atomic E-state index is 12.7. The van der Waals surface area contributed by atoms with E-state index in [1.807, 2.05) is 36.9 Å². The highest BCUT2D eigenvalue weighted by atomic mass is 32.2. The van der Waals surface area contributed by atoms with Gasteiger partial charge in [0.05, 0.1) is 22.9 Å². The van der Waals surface area contributed by atoms with Gasteiger partial charge >= 0.3 is 0 Å². The number of para-hydroxylation sites is 1. The van der Waals surface area contributed by atoms with Gasteiger partial charge in [0.25, 0.3) is 0 Å². The SMILES string of the molecule is Cc1cccc(C)c1-n1nnnc1SCC(=O)N1CCN(C2CCS(=O)(=O)C2)CC1. The molecule has 9 nitrogen and oxygen atoms in total. The van der Waals surface area contributed by atoms with E-state index in [0.717, 1.165) is 29.9 Å². The molecule has 1 aromatic heterocycles. The van der Waals surface area contributed by atoms with E-state index in [1.54, 1.807) is 4.68 Å². The van der Waals surface area contributed by atoms with Gasteiger partial charge in [-0.2, -0.15) is 4.68 Å². The first kappa shape index (κ1) is 21.3. The number of thioether (sulfide) groups is 1. The van der Waals surface area contributed by atoms with E-state index in [0.29, 0.717) is 24.7 Å². The summed E-state index contributed by atoms with van der Waals surface area (Å²) in [6.45, 7) is 6.71. The zero-order chi connectivity index (χ0) is 21.3. The molecule has 2 saturated heterocycles. The maximum atomic E-state index is 12.7. The van der Waals surface area contributed by atoms with Crippen LogP contribution in [0.5, 0.6) is 0 Å². The van der Waals surface area contributed by atoms with Crippen LogP contribution in [0.3, 0.4) is 0 Å². The van der Waals surface area contributed by atoms with Crippen LogP contribution in [0.1, 0.15) is 17.5 Å². The molecule has 1 atom stereocenters. The number of benzene rings is 1. The van der Waals surface area contributed by atoms with Gasteiger partial charge in [0, 0.05) is 32.2 Å². The van der Waals surface area contributed by atoms with Crippen LogP contribution in [0.25, 0.3) is 5.69 Å². The number of carbonyl (C=O) groups is 1. The lowest BCUT2D eigenvalue weighted by atomic mass is 10.1. The van der Waals surface area contributed by atoms with Crippen LogP contribution in [0.4, 0.5) is 0 Å². The van der Waals surface area contributed by atoms with Gasteiger partial charge in [0.2, 0.25) is 11.1 Å². The van der Waals surface area contributed by atoms with Gasteiger partial charge in [-0.25, -0.2) is 8.42 Å². The lowest BCUT2D eigenvalue weighted by Gasteiger charge is -2.37. The van der Waals surface area contributed by atoms with Crippen LogP contribution in [0, 0.1) is 13.8 Å². The smallest absolute Gasteiger partial charge is 0.233 e. The minimum atomic E-state index is -2.89. The number of sulfone groups is 1. The lowest BCUT2D eigenvalue weighted by Crippen LogP contribution is -2.52. The molecule has 0 N–H and O–H groups in total. The van der Waals surface area contributed by atoms with Crippen LogP contribution in [-0.2, 0) is 14.6 Å². The monoisotopic (exact) mass is 450 g/mol. The first-order valence-corrected chi connectivity index (χ1v) is 12.8. The predicted molar refractivity (Wildman–Crippen MR) is 115 cm³/mol. The van der Waals surface area contributed by atoms with Crippen LogP contribution < -0.4 is 0 Å². The molecular formula is C19H26N6O3S2. The van der Waals surface area contributed by atoms with Crippen LogP contribution in [0.15, 0.2) is 23.4 Å². The van der Waals surface area contributed by atoms with Crippen molar-refractivity contribution in [3.63, 3.8) is 0 Å². The number of amides is 1. The second kappa shape index (κ2) is 8.64. The Balaban J connectivity index is 1.33. The van der Waals surface area contributed by atoms with Gasteiger partial charge < -0.3 is 4.90 Å². The van der Waals surface area contributed by atoms with E-state index in [2.05, 4.69) is 20.4 Å². The van der Waals surface area contributed by atoms with Crippen LogP contribution >= 0.6 is 11.8 Å². The van der Waals surface area contributed by atoms with Crippen molar-refractivity contribution in [1.29, 1.82) is 0 Å². The standard InChI is InChI=1S/C19H26N6O3S2/c1-14-4-3-5-15(2)18(14)25-19(20-21-22-25)29-12-17(26)24-9-7-23(8-10-24)16-6-11-30(27,28)13-16/h3-5,16H,6-13H2,1-2H3. The highest BCUT2D eigenvalue weighted by Gasteiger charge is 2.34. The molecular weight excluding hydrogens is 424 g/mol. The Morgan fingerprint density at radius 1 is 1.17 bits per heavy atom. The molecule has 2 aliphatic heterocycles. The van der Waals surface area contributed by atoms with Crippen molar-refractivity contribution in [2.45, 2.75) is 31.5 Å². The summed E-state index contributed by atoms with van der Waals surface area (Å²) in [6, 6.07) is 6.12. The van der Waals surface area contributed by atoms with E-state index in [9.17, 15) is 13.2 Å². The average molecular weight is 451 g/mol. The molecule has 2 aliphatic rings. The van der Waals surface area contributed by atoms with E-state index in [1.165, 1.54) is 11.8 Å². The first-order chi connectivity index (χ1) is 14.3. The number of nitrogens with zero attached hydrogens (tertiary/aromatic N) is 6. The molecule has 11 heteroatoms. The summed E-state index contributed by atoms with van der Waals surface area (Å²) in [5.74, 6) is 0.846. The van der Waals surface area contributed by atoms with E-state index < -0.39 is 9.84 Å². The van der Waals surface area contributed by atoms with Crippen molar-refractivity contribution in [2.24, 2.45) is 0 Å². The van der Waals surface area contributed by atoms with Gasteiger partial charge in [0.1, 0.15) is 0 Å². The third-order valence-corrected chi connectivity index (χ3v) is 8.46. The molecule has 0 radical (unpaired) electrons. The van der Waals surface area contributed by atoms with E-state index >= 15 is 0 Å². The molecule has 1 aromatic carbocycles. The van der Waals surface area contributed by atoms with Crippen molar-refractivity contribution in [3.8, 4) is 5.69 Å². The maximum Gasteiger partial charge on any atom is 0.233 e. The van der Waals surface area contributed by atoms with Crippen molar-refractivity contribution in [2.75, 3.05) is 43.4 Å². The van der Waals surface area contributed by atoms with Gasteiger partial charge in [-0.3, -0.25) is 9.69 Å². The van der Waals surface area contributed by atoms with Crippen molar-refractivity contribution in [1.82, 2.24) is 30.0 Å². The average Bonchev–Trinajstić information content (AvgIpc) is 3.32. The molecule has 1 amide bonds. The van der Waals surface area contributed by atoms with Gasteiger partial charge in [-0.05, 0) is 41.8 Å². The normalized spacial score (nSPS) is 21.8. The molecule has 3 heterocycles. The first-order valence-electron chi connectivity index (χ1n) is 10.0. The Kier molecular flexibility index (Phi) is 6.12. The number of aryl methyl sites for hydroxylation is 2. The summed E-state index contributed by atoms with van der Waals surface area (Å²) in [6.07, 6.45) is 0.701. The number of hydrogen-bond acceptors (Lipinski definition) is 8. The highest BCUT2D eigenvalue weighted by molar-refractivity contribution is 7.99. The summed E-state index contributed by atoms with van der Waals surface area (Å²) in [7, 11) is -2.89. The summed E-state index contributed by atoms with van der Waals surface area (Å²) >= 11 is 1.34. The van der Waals surface area contributed by atoms with Crippen LogP contribution in [0.2, 0.25) is 0 Å². The molecule has 0 spiro atoms. The second-order valence-corrected chi connectivity index (χ2v) is 11.0. The van der Waals surface area contributed by atoms with Crippen molar-refractivity contribution >= 4 is 27.5 Å². The van der Waals surface area contributed by atoms with Gasteiger partial charge in [-0.15, -0.1) is 5.10 Å². The van der Waals surface area contributed by atoms with Gasteiger partial charge in [-0.1, -0.05) is 30.0 Å². The molecule has 0 saturated carbocycles. The Labute approximate surface area is 180 Å². The zero-order valence-electron chi connectivity index (χ0n) is 17.2. The second-order valence-electron chi connectivity index (χ2n) is 7.88. The summed E-state index contributed by atoms with van der Waals surface area (Å²) in [5, 5.41) is 12.6. The molecule has 2 fully saturated rings. The molecule has 2 aromatic rings. The van der Waals surface area contributed by atoms with Crippen LogP contribution in [-0.4, -0.2) is 93.8 Å². The number of tetrazole rings is 1. The Morgan fingerprint density at radius 2 is 1.87 bits per heavy atom. The highest BCUT2D eigenvalue weighted by Crippen LogP contribution is 2.24. The minimum absolute atomic E-state index is 0.0507. The fourth-order valence-corrected chi connectivity index (χ4v) is 6.71. The topological polar surface area (TPSA) is 101 Å². The molecule has 0 bridgehead atoms. The van der Waals surface area contributed by atoms with E-state index in [-0.39, 0.29) is 29.2 Å². The Bertz CT molecular complexity index is 1010. The molecule has 1 unspecified atom stereocenters. The third kappa shape index (κ3) is 4.52. The zero-order valence-corrected chi connectivity index (χ0v) is 18.8.